The van der Waals surface area contributed by atoms with Gasteiger partial charge < -0.3 is 5.32 Å². The first-order valence-corrected chi connectivity index (χ1v) is 6.66. The van der Waals surface area contributed by atoms with Crippen LogP contribution in [0.3, 0.4) is 0 Å². The van der Waals surface area contributed by atoms with Gasteiger partial charge in [-0.1, -0.05) is 6.07 Å². The van der Waals surface area contributed by atoms with Gasteiger partial charge in [0.2, 0.25) is 5.91 Å². The van der Waals surface area contributed by atoms with Gasteiger partial charge in [-0.25, -0.2) is 24.3 Å². The van der Waals surface area contributed by atoms with Crippen LogP contribution in [0.2, 0.25) is 0 Å². The maximum Gasteiger partial charge on any atom is 0.244 e. The van der Waals surface area contributed by atoms with Crippen LogP contribution < -0.4 is 5.32 Å². The van der Waals surface area contributed by atoms with Gasteiger partial charge in [0.25, 0.3) is 0 Å². The first-order valence-electron chi connectivity index (χ1n) is 6.66. The third-order valence-corrected chi connectivity index (χ3v) is 3.17. The molecule has 9 heteroatoms. The quantitative estimate of drug-likeness (QED) is 0.718. The van der Waals surface area contributed by atoms with Crippen molar-refractivity contribution in [2.24, 2.45) is 0 Å². The standard InChI is InChI=1S/C13H14N8O/c1-10(20-8-14-6-18-20)13(22)17-5-11-3-2-4-16-12(11)21-9-15-7-19-21/h2-4,6-10H,5H2,1H3,(H,17,22). The first kappa shape index (κ1) is 13.9. The van der Waals surface area contributed by atoms with E-state index in [4.69, 9.17) is 0 Å². The Kier molecular flexibility index (Phi) is 3.86. The van der Waals surface area contributed by atoms with E-state index in [2.05, 4.69) is 30.5 Å². The summed E-state index contributed by atoms with van der Waals surface area (Å²) in [6.07, 6.45) is 7.57. The fraction of sp³-hybridized carbons (Fsp3) is 0.231. The van der Waals surface area contributed by atoms with E-state index in [-0.39, 0.29) is 5.91 Å². The molecule has 0 spiro atoms. The SMILES string of the molecule is CC(C(=O)NCc1cccnc1-n1cncn1)n1cncn1. The van der Waals surface area contributed by atoms with Gasteiger partial charge in [0.05, 0.1) is 0 Å². The van der Waals surface area contributed by atoms with E-state index in [9.17, 15) is 4.79 Å². The van der Waals surface area contributed by atoms with Crippen LogP contribution in [0.1, 0.15) is 18.5 Å². The van der Waals surface area contributed by atoms with Crippen LogP contribution in [-0.4, -0.2) is 40.4 Å². The predicted molar refractivity (Wildman–Crippen MR) is 75.7 cm³/mol. The van der Waals surface area contributed by atoms with Crippen molar-refractivity contribution < 1.29 is 4.79 Å². The molecule has 0 saturated carbocycles. The van der Waals surface area contributed by atoms with Gasteiger partial charge in [0.1, 0.15) is 31.4 Å². The minimum atomic E-state index is -0.436. The van der Waals surface area contributed by atoms with Gasteiger partial charge in [0, 0.05) is 18.3 Å². The van der Waals surface area contributed by atoms with Gasteiger partial charge in [-0.15, -0.1) is 0 Å². The number of carbonyl (C=O) groups excluding carboxylic acids is 1. The number of hydrogen-bond donors (Lipinski definition) is 1. The summed E-state index contributed by atoms with van der Waals surface area (Å²) < 4.78 is 3.05. The van der Waals surface area contributed by atoms with Crippen LogP contribution in [0.4, 0.5) is 0 Å². The van der Waals surface area contributed by atoms with Gasteiger partial charge >= 0.3 is 0 Å². The molecule has 0 aromatic carbocycles. The van der Waals surface area contributed by atoms with Crippen LogP contribution in [0.5, 0.6) is 0 Å². The number of amides is 1. The molecule has 22 heavy (non-hydrogen) atoms. The lowest BCUT2D eigenvalue weighted by atomic mass is 10.2. The molecule has 0 bridgehead atoms. The van der Waals surface area contributed by atoms with E-state index in [0.29, 0.717) is 12.4 Å². The van der Waals surface area contributed by atoms with Crippen molar-refractivity contribution in [1.29, 1.82) is 0 Å². The Morgan fingerprint density at radius 2 is 2.09 bits per heavy atom. The highest BCUT2D eigenvalue weighted by molar-refractivity contribution is 5.79. The third-order valence-electron chi connectivity index (χ3n) is 3.17. The molecule has 1 N–H and O–H groups in total. The number of aromatic nitrogens is 7. The summed E-state index contributed by atoms with van der Waals surface area (Å²) in [6.45, 7) is 2.09. The second-order valence-electron chi connectivity index (χ2n) is 4.60. The molecule has 1 unspecified atom stereocenters. The number of carbonyl (C=O) groups is 1. The Morgan fingerprint density at radius 1 is 1.27 bits per heavy atom. The van der Waals surface area contributed by atoms with E-state index in [0.717, 1.165) is 5.56 Å². The third kappa shape index (κ3) is 2.82. The molecule has 0 aliphatic carbocycles. The summed E-state index contributed by atoms with van der Waals surface area (Å²) in [5.41, 5.74) is 0.840. The maximum atomic E-state index is 12.2. The zero-order valence-electron chi connectivity index (χ0n) is 11.9. The molecular formula is C13H14N8O. The summed E-state index contributed by atoms with van der Waals surface area (Å²) in [5, 5.41) is 10.9. The second-order valence-corrected chi connectivity index (χ2v) is 4.60. The van der Waals surface area contributed by atoms with Gasteiger partial charge in [0.15, 0.2) is 5.82 Å². The molecule has 0 fully saturated rings. The van der Waals surface area contributed by atoms with Gasteiger partial charge in [-0.05, 0) is 13.0 Å². The summed E-state index contributed by atoms with van der Waals surface area (Å²) in [6, 6.07) is 3.25. The number of nitrogens with zero attached hydrogens (tertiary/aromatic N) is 7. The van der Waals surface area contributed by atoms with Crippen LogP contribution in [0.25, 0.3) is 5.82 Å². The molecule has 0 radical (unpaired) electrons. The Hall–Kier alpha value is -3.10. The minimum Gasteiger partial charge on any atom is -0.350 e. The lowest BCUT2D eigenvalue weighted by molar-refractivity contribution is -0.124. The lowest BCUT2D eigenvalue weighted by Crippen LogP contribution is -2.31. The Morgan fingerprint density at radius 3 is 2.82 bits per heavy atom. The minimum absolute atomic E-state index is 0.154. The molecular weight excluding hydrogens is 284 g/mol. The summed E-state index contributed by atoms with van der Waals surface area (Å²) in [5.74, 6) is 0.479. The van der Waals surface area contributed by atoms with E-state index < -0.39 is 6.04 Å². The summed E-state index contributed by atoms with van der Waals surface area (Å²) in [7, 11) is 0. The molecule has 0 aliphatic heterocycles. The van der Waals surface area contributed by atoms with Crippen LogP contribution in [-0.2, 0) is 11.3 Å². The predicted octanol–water partition coefficient (Wildman–Crippen LogP) is 0.131. The molecule has 3 rings (SSSR count). The normalized spacial score (nSPS) is 12.0. The fourth-order valence-corrected chi connectivity index (χ4v) is 1.96. The largest absolute Gasteiger partial charge is 0.350 e. The Bertz CT molecular complexity index is 737. The van der Waals surface area contributed by atoms with Crippen molar-refractivity contribution in [3.63, 3.8) is 0 Å². The van der Waals surface area contributed by atoms with Gasteiger partial charge in [-0.3, -0.25) is 4.79 Å². The van der Waals surface area contributed by atoms with Crippen molar-refractivity contribution in [2.45, 2.75) is 19.5 Å². The summed E-state index contributed by atoms with van der Waals surface area (Å²) in [4.78, 5) is 24.2. The van der Waals surface area contributed by atoms with E-state index in [1.807, 2.05) is 12.1 Å². The monoisotopic (exact) mass is 298 g/mol. The zero-order chi connectivity index (χ0) is 15.4. The number of nitrogens with one attached hydrogen (secondary N) is 1. The van der Waals surface area contributed by atoms with Crippen molar-refractivity contribution >= 4 is 5.91 Å². The molecule has 3 heterocycles. The Balaban J connectivity index is 1.71. The van der Waals surface area contributed by atoms with E-state index in [1.165, 1.54) is 23.7 Å². The molecule has 1 atom stereocenters. The molecule has 1 amide bonds. The zero-order valence-corrected chi connectivity index (χ0v) is 11.9. The average Bonchev–Trinajstić information content (AvgIpc) is 3.25. The first-order chi connectivity index (χ1) is 10.8. The molecule has 0 saturated heterocycles. The highest BCUT2D eigenvalue weighted by Crippen LogP contribution is 2.10. The van der Waals surface area contributed by atoms with Crippen LogP contribution in [0.15, 0.2) is 43.6 Å². The second kappa shape index (κ2) is 6.12. The molecule has 112 valence electrons. The lowest BCUT2D eigenvalue weighted by Gasteiger charge is -2.13. The average molecular weight is 298 g/mol. The van der Waals surface area contributed by atoms with Crippen molar-refractivity contribution in [3.05, 3.63) is 49.2 Å². The number of hydrogen-bond acceptors (Lipinski definition) is 6. The van der Waals surface area contributed by atoms with Crippen molar-refractivity contribution in [2.75, 3.05) is 0 Å². The van der Waals surface area contributed by atoms with E-state index >= 15 is 0 Å². The smallest absolute Gasteiger partial charge is 0.244 e. The molecule has 9 nitrogen and oxygen atoms in total. The number of pyridine rings is 1. The Labute approximate surface area is 126 Å². The molecule has 3 aromatic rings. The van der Waals surface area contributed by atoms with Crippen molar-refractivity contribution in [3.8, 4) is 5.82 Å². The summed E-state index contributed by atoms with van der Waals surface area (Å²) >= 11 is 0. The van der Waals surface area contributed by atoms with E-state index in [1.54, 1.807) is 24.1 Å². The maximum absolute atomic E-state index is 12.2. The topological polar surface area (TPSA) is 103 Å². The molecule has 3 aromatic heterocycles. The van der Waals surface area contributed by atoms with Crippen LogP contribution >= 0.6 is 0 Å². The molecule has 0 aliphatic rings. The highest BCUT2D eigenvalue weighted by Gasteiger charge is 2.16. The number of rotatable bonds is 5. The fourth-order valence-electron chi connectivity index (χ4n) is 1.96. The highest BCUT2D eigenvalue weighted by atomic mass is 16.2. The van der Waals surface area contributed by atoms with Gasteiger partial charge in [-0.2, -0.15) is 10.2 Å². The van der Waals surface area contributed by atoms with Crippen molar-refractivity contribution in [1.82, 2.24) is 39.8 Å². The van der Waals surface area contributed by atoms with Crippen LogP contribution in [0, 0.1) is 0 Å².